The number of rotatable bonds is 2. The van der Waals surface area contributed by atoms with E-state index in [0.717, 1.165) is 26.2 Å². The second kappa shape index (κ2) is 6.90. The Balaban J connectivity index is 0.000000270. The van der Waals surface area contributed by atoms with Crippen LogP contribution < -0.4 is 5.32 Å². The van der Waals surface area contributed by atoms with Crippen molar-refractivity contribution in [1.29, 1.82) is 0 Å². The van der Waals surface area contributed by atoms with Gasteiger partial charge in [0.1, 0.15) is 0 Å². The zero-order valence-corrected chi connectivity index (χ0v) is 12.2. The van der Waals surface area contributed by atoms with Crippen molar-refractivity contribution in [2.45, 2.75) is 12.2 Å². The molecule has 7 nitrogen and oxygen atoms in total. The van der Waals surface area contributed by atoms with Gasteiger partial charge in [-0.25, -0.2) is 13.2 Å². The van der Waals surface area contributed by atoms with Crippen LogP contribution in [0.5, 0.6) is 0 Å². The average molecular weight is 333 g/mol. The number of hydrogen-bond acceptors (Lipinski definition) is 5. The van der Waals surface area contributed by atoms with E-state index in [-0.39, 0.29) is 0 Å². The Bertz CT molecular complexity index is 457. The fraction of sp³-hybridized carbons (Fsp3) is 0.900. The number of carbonyl (C=O) groups is 1. The molecule has 0 atom stereocenters. The number of aliphatic carboxylic acids is 1. The Morgan fingerprint density at radius 1 is 1.19 bits per heavy atom. The van der Waals surface area contributed by atoms with Gasteiger partial charge >= 0.3 is 12.1 Å². The highest BCUT2D eigenvalue weighted by Crippen LogP contribution is 2.13. The van der Waals surface area contributed by atoms with Crippen molar-refractivity contribution < 1.29 is 31.5 Å². The Labute approximate surface area is 120 Å². The van der Waals surface area contributed by atoms with Gasteiger partial charge in [-0.2, -0.15) is 17.5 Å². The summed E-state index contributed by atoms with van der Waals surface area (Å²) >= 11 is 0. The van der Waals surface area contributed by atoms with Gasteiger partial charge in [-0.1, -0.05) is 0 Å². The minimum Gasteiger partial charge on any atom is -0.475 e. The molecule has 2 aliphatic heterocycles. The summed E-state index contributed by atoms with van der Waals surface area (Å²) in [4.78, 5) is 11.3. The van der Waals surface area contributed by atoms with Crippen LogP contribution in [0.25, 0.3) is 0 Å². The molecule has 124 valence electrons. The number of sulfonamides is 1. The summed E-state index contributed by atoms with van der Waals surface area (Å²) in [6.07, 6.45) is -3.80. The second-order valence-corrected chi connectivity index (χ2v) is 6.80. The molecule has 0 bridgehead atoms. The number of nitrogens with zero attached hydrogens (tertiary/aromatic N) is 2. The van der Waals surface area contributed by atoms with E-state index < -0.39 is 22.2 Å². The maximum atomic E-state index is 11.2. The van der Waals surface area contributed by atoms with E-state index in [9.17, 15) is 21.6 Å². The third kappa shape index (κ3) is 5.77. The van der Waals surface area contributed by atoms with E-state index in [1.807, 2.05) is 0 Å². The normalized spacial score (nSPS) is 22.1. The molecule has 2 saturated heterocycles. The summed E-state index contributed by atoms with van der Waals surface area (Å²) in [6.45, 7) is 5.15. The molecule has 0 unspecified atom stereocenters. The van der Waals surface area contributed by atoms with Crippen molar-refractivity contribution in [2.24, 2.45) is 0 Å². The zero-order valence-electron chi connectivity index (χ0n) is 11.4. The number of piperazine rings is 1. The van der Waals surface area contributed by atoms with Gasteiger partial charge in [0, 0.05) is 45.3 Å². The molecular weight excluding hydrogens is 315 g/mol. The van der Waals surface area contributed by atoms with Crippen LogP contribution in [-0.4, -0.2) is 86.4 Å². The average Bonchev–Trinajstić information content (AvgIpc) is 2.25. The number of halogens is 3. The molecule has 2 fully saturated rings. The molecule has 0 spiro atoms. The minimum atomic E-state index is -5.08. The largest absolute Gasteiger partial charge is 0.490 e. The smallest absolute Gasteiger partial charge is 0.475 e. The summed E-state index contributed by atoms with van der Waals surface area (Å²) < 4.78 is 55.8. The first-order valence-corrected chi connectivity index (χ1v) is 8.06. The first-order valence-electron chi connectivity index (χ1n) is 6.22. The van der Waals surface area contributed by atoms with Gasteiger partial charge in [0.15, 0.2) is 0 Å². The predicted molar refractivity (Wildman–Crippen MR) is 68.3 cm³/mol. The van der Waals surface area contributed by atoms with E-state index in [1.54, 1.807) is 4.31 Å². The molecule has 0 amide bonds. The zero-order chi connectivity index (χ0) is 16.3. The second-order valence-electron chi connectivity index (χ2n) is 4.81. The highest BCUT2D eigenvalue weighted by Gasteiger charge is 2.38. The van der Waals surface area contributed by atoms with E-state index in [0.29, 0.717) is 19.1 Å². The van der Waals surface area contributed by atoms with Gasteiger partial charge in [-0.05, 0) is 0 Å². The third-order valence-corrected chi connectivity index (χ3v) is 4.56. The van der Waals surface area contributed by atoms with Crippen molar-refractivity contribution in [2.75, 3.05) is 45.5 Å². The fourth-order valence-electron chi connectivity index (χ4n) is 1.93. The van der Waals surface area contributed by atoms with Crippen molar-refractivity contribution >= 4 is 16.0 Å². The van der Waals surface area contributed by atoms with Gasteiger partial charge < -0.3 is 10.4 Å². The van der Waals surface area contributed by atoms with Crippen LogP contribution in [0, 0.1) is 0 Å². The molecule has 0 radical (unpaired) electrons. The van der Waals surface area contributed by atoms with Gasteiger partial charge in [0.25, 0.3) is 0 Å². The van der Waals surface area contributed by atoms with Crippen LogP contribution in [-0.2, 0) is 14.8 Å². The summed E-state index contributed by atoms with van der Waals surface area (Å²) in [6, 6.07) is 0.636. The maximum absolute atomic E-state index is 11.2. The number of carboxylic acid groups (broad SMARTS) is 1. The molecule has 2 rings (SSSR count). The SMILES string of the molecule is CS(=O)(=O)N1CCN(C2CNC2)CC1.O=C(O)C(F)(F)F. The Hall–Kier alpha value is -0.910. The number of carboxylic acids is 1. The van der Waals surface area contributed by atoms with Gasteiger partial charge in [0.05, 0.1) is 6.26 Å². The Morgan fingerprint density at radius 2 is 1.62 bits per heavy atom. The van der Waals surface area contributed by atoms with E-state index in [1.165, 1.54) is 6.26 Å². The highest BCUT2D eigenvalue weighted by molar-refractivity contribution is 7.88. The fourth-order valence-corrected chi connectivity index (χ4v) is 2.76. The van der Waals surface area contributed by atoms with Crippen molar-refractivity contribution in [3.05, 3.63) is 0 Å². The Kier molecular flexibility index (Phi) is 5.96. The highest BCUT2D eigenvalue weighted by atomic mass is 32.2. The lowest BCUT2D eigenvalue weighted by Crippen LogP contribution is -2.61. The summed E-state index contributed by atoms with van der Waals surface area (Å²) in [5.74, 6) is -2.76. The Morgan fingerprint density at radius 3 is 1.86 bits per heavy atom. The number of hydrogen-bond donors (Lipinski definition) is 2. The van der Waals surface area contributed by atoms with Crippen molar-refractivity contribution in [3.63, 3.8) is 0 Å². The molecule has 2 aliphatic rings. The molecule has 0 aliphatic carbocycles. The first kappa shape index (κ1) is 18.1. The van der Waals surface area contributed by atoms with Crippen LogP contribution in [0.1, 0.15) is 0 Å². The van der Waals surface area contributed by atoms with Crippen molar-refractivity contribution in [3.8, 4) is 0 Å². The lowest BCUT2D eigenvalue weighted by atomic mass is 10.1. The lowest BCUT2D eigenvalue weighted by molar-refractivity contribution is -0.192. The minimum absolute atomic E-state index is 0.636. The molecule has 2 N–H and O–H groups in total. The number of nitrogens with one attached hydrogen (secondary N) is 1. The molecule has 0 aromatic carbocycles. The van der Waals surface area contributed by atoms with Crippen LogP contribution in [0.4, 0.5) is 13.2 Å². The van der Waals surface area contributed by atoms with Gasteiger partial charge in [-0.3, -0.25) is 4.90 Å². The quantitative estimate of drug-likeness (QED) is 0.686. The van der Waals surface area contributed by atoms with Crippen LogP contribution in [0.15, 0.2) is 0 Å². The van der Waals surface area contributed by atoms with Crippen LogP contribution >= 0.6 is 0 Å². The topological polar surface area (TPSA) is 90.0 Å². The van der Waals surface area contributed by atoms with E-state index >= 15 is 0 Å². The molecule has 0 aromatic rings. The molecule has 2 heterocycles. The number of alkyl halides is 3. The molecule has 21 heavy (non-hydrogen) atoms. The van der Waals surface area contributed by atoms with Gasteiger partial charge in [0.2, 0.25) is 10.0 Å². The van der Waals surface area contributed by atoms with Crippen molar-refractivity contribution in [1.82, 2.24) is 14.5 Å². The third-order valence-electron chi connectivity index (χ3n) is 3.26. The maximum Gasteiger partial charge on any atom is 0.490 e. The predicted octanol–water partition coefficient (Wildman–Crippen LogP) is -0.831. The van der Waals surface area contributed by atoms with E-state index in [4.69, 9.17) is 9.90 Å². The van der Waals surface area contributed by atoms with Gasteiger partial charge in [-0.15, -0.1) is 0 Å². The standard InChI is InChI=1S/C8H17N3O2S.C2HF3O2/c1-14(12,13)11-4-2-10(3-5-11)8-6-9-7-8;3-2(4,5)1(6)7/h8-9H,2-7H2,1H3;(H,6,7). The van der Waals surface area contributed by atoms with Crippen LogP contribution in [0.2, 0.25) is 0 Å². The monoisotopic (exact) mass is 333 g/mol. The molecular formula is C10H18F3N3O4S. The molecule has 0 saturated carbocycles. The van der Waals surface area contributed by atoms with Crippen LogP contribution in [0.3, 0.4) is 0 Å². The van der Waals surface area contributed by atoms with E-state index in [2.05, 4.69) is 10.2 Å². The summed E-state index contributed by atoms with van der Waals surface area (Å²) in [7, 11) is -2.97. The first-order chi connectivity index (χ1) is 9.51. The summed E-state index contributed by atoms with van der Waals surface area (Å²) in [5, 5.41) is 10.4. The lowest BCUT2D eigenvalue weighted by Gasteiger charge is -2.42. The summed E-state index contributed by atoms with van der Waals surface area (Å²) in [5.41, 5.74) is 0. The molecule has 11 heteroatoms. The molecule has 0 aromatic heterocycles.